The summed E-state index contributed by atoms with van der Waals surface area (Å²) in [4.78, 5) is 9.13. The average Bonchev–Trinajstić information content (AvgIpc) is 2.60. The molecule has 2 nitrogen and oxygen atoms in total. The summed E-state index contributed by atoms with van der Waals surface area (Å²) in [6.45, 7) is 4.39. The number of hydrogen-bond donors (Lipinski definition) is 0. The first-order valence-electron chi connectivity index (χ1n) is 5.23. The molecule has 0 amide bonds. The quantitative estimate of drug-likeness (QED) is 0.747. The molecule has 2 rings (SSSR count). The van der Waals surface area contributed by atoms with Crippen LogP contribution < -0.4 is 0 Å². The molecule has 0 aromatic carbocycles. The normalized spacial score (nSPS) is 19.9. The Morgan fingerprint density at radius 1 is 1.53 bits per heavy atom. The lowest BCUT2D eigenvalue weighted by molar-refractivity contribution is 0.449. The van der Waals surface area contributed by atoms with Crippen molar-refractivity contribution >= 4 is 17.7 Å². The molecule has 0 fully saturated rings. The smallest absolute Gasteiger partial charge is 0.0910 e. The summed E-state index contributed by atoms with van der Waals surface area (Å²) >= 11 is 1.89. The van der Waals surface area contributed by atoms with Gasteiger partial charge in [0.15, 0.2) is 0 Å². The van der Waals surface area contributed by atoms with E-state index in [1.54, 1.807) is 0 Å². The lowest BCUT2D eigenvalue weighted by Crippen LogP contribution is -2.23. The van der Waals surface area contributed by atoms with E-state index in [2.05, 4.69) is 42.9 Å². The number of likely N-dealkylation sites (N-methyl/N-ethyl adjacent to an activating group) is 1. The Morgan fingerprint density at radius 2 is 2.33 bits per heavy atom. The summed E-state index contributed by atoms with van der Waals surface area (Å²) < 4.78 is 0. The minimum atomic E-state index is 0.371. The van der Waals surface area contributed by atoms with Gasteiger partial charge in [-0.3, -0.25) is 0 Å². The first-order valence-corrected chi connectivity index (χ1v) is 6.05. The molecule has 2 heterocycles. The van der Waals surface area contributed by atoms with Crippen LogP contribution in [0.4, 0.5) is 0 Å². The lowest BCUT2D eigenvalue weighted by atomic mass is 10.1. The van der Waals surface area contributed by atoms with Crippen LogP contribution in [0, 0.1) is 6.92 Å². The monoisotopic (exact) mass is 220 g/mol. The highest BCUT2D eigenvalue weighted by molar-refractivity contribution is 7.12. The zero-order valence-corrected chi connectivity index (χ0v) is 10.2. The summed E-state index contributed by atoms with van der Waals surface area (Å²) in [7, 11) is 2.08. The van der Waals surface area contributed by atoms with Crippen LogP contribution in [0.1, 0.15) is 28.3 Å². The second-order valence-corrected chi connectivity index (χ2v) is 5.10. The van der Waals surface area contributed by atoms with Gasteiger partial charge in [0.1, 0.15) is 0 Å². The zero-order chi connectivity index (χ0) is 10.8. The summed E-state index contributed by atoms with van der Waals surface area (Å²) in [6, 6.07) is 2.67. The van der Waals surface area contributed by atoms with Crippen LogP contribution >= 0.6 is 11.3 Å². The molecule has 1 aromatic rings. The van der Waals surface area contributed by atoms with Gasteiger partial charge in [-0.25, -0.2) is 4.99 Å². The molecule has 0 bridgehead atoms. The van der Waals surface area contributed by atoms with Crippen LogP contribution in [0.3, 0.4) is 0 Å². The van der Waals surface area contributed by atoms with Crippen molar-refractivity contribution in [2.75, 3.05) is 7.05 Å². The summed E-state index contributed by atoms with van der Waals surface area (Å²) in [5.41, 5.74) is 1.47. The number of aryl methyl sites for hydroxylation is 2. The molecule has 0 saturated carbocycles. The molecule has 0 radical (unpaired) electrons. The molecular weight excluding hydrogens is 204 g/mol. The predicted octanol–water partition coefficient (Wildman–Crippen LogP) is 3.15. The molecule has 1 atom stereocenters. The van der Waals surface area contributed by atoms with Gasteiger partial charge in [0.2, 0.25) is 0 Å². The van der Waals surface area contributed by atoms with Crippen molar-refractivity contribution in [1.29, 1.82) is 0 Å². The third-order valence-electron chi connectivity index (χ3n) is 2.66. The molecule has 15 heavy (non-hydrogen) atoms. The lowest BCUT2D eigenvalue weighted by Gasteiger charge is -2.25. The number of thiophene rings is 1. The van der Waals surface area contributed by atoms with E-state index >= 15 is 0 Å². The van der Waals surface area contributed by atoms with E-state index in [9.17, 15) is 0 Å². The number of hydrogen-bond acceptors (Lipinski definition) is 3. The maximum absolute atomic E-state index is 4.12. The maximum atomic E-state index is 4.12. The van der Waals surface area contributed by atoms with E-state index in [1.165, 1.54) is 15.3 Å². The third kappa shape index (κ3) is 1.97. The Labute approximate surface area is 95.0 Å². The highest BCUT2D eigenvalue weighted by Crippen LogP contribution is 2.32. The van der Waals surface area contributed by atoms with Crippen LogP contribution in [-0.4, -0.2) is 18.3 Å². The van der Waals surface area contributed by atoms with Crippen LogP contribution in [0.5, 0.6) is 0 Å². The highest BCUT2D eigenvalue weighted by Gasteiger charge is 2.19. The van der Waals surface area contributed by atoms with Crippen molar-refractivity contribution < 1.29 is 0 Å². The molecule has 1 unspecified atom stereocenters. The van der Waals surface area contributed by atoms with Crippen molar-refractivity contribution in [2.45, 2.75) is 26.3 Å². The fourth-order valence-corrected chi connectivity index (χ4v) is 3.11. The van der Waals surface area contributed by atoms with Gasteiger partial charge in [0.25, 0.3) is 0 Å². The van der Waals surface area contributed by atoms with E-state index in [-0.39, 0.29) is 0 Å². The van der Waals surface area contributed by atoms with Gasteiger partial charge in [0.05, 0.1) is 12.4 Å². The Morgan fingerprint density at radius 3 is 3.00 bits per heavy atom. The molecule has 1 aromatic heterocycles. The second-order valence-electron chi connectivity index (χ2n) is 3.82. The fourth-order valence-electron chi connectivity index (χ4n) is 1.87. The second kappa shape index (κ2) is 4.19. The number of aliphatic imine (C=N–C) groups is 1. The zero-order valence-electron chi connectivity index (χ0n) is 9.40. The van der Waals surface area contributed by atoms with Gasteiger partial charge in [-0.15, -0.1) is 11.3 Å². The SMILES string of the molecule is CCc1cc(C)sc1C1C=CN=CN1C. The van der Waals surface area contributed by atoms with Gasteiger partial charge < -0.3 is 4.90 Å². The molecule has 0 saturated heterocycles. The van der Waals surface area contributed by atoms with Gasteiger partial charge in [-0.05, 0) is 31.1 Å². The van der Waals surface area contributed by atoms with Crippen LogP contribution in [0.25, 0.3) is 0 Å². The van der Waals surface area contributed by atoms with Crippen LogP contribution in [0.2, 0.25) is 0 Å². The summed E-state index contributed by atoms with van der Waals surface area (Å²) in [6.07, 6.45) is 7.04. The van der Waals surface area contributed by atoms with Gasteiger partial charge >= 0.3 is 0 Å². The van der Waals surface area contributed by atoms with E-state index in [0.29, 0.717) is 6.04 Å². The maximum Gasteiger partial charge on any atom is 0.0910 e. The molecule has 1 aliphatic rings. The van der Waals surface area contributed by atoms with E-state index < -0.39 is 0 Å². The summed E-state index contributed by atoms with van der Waals surface area (Å²) in [5.74, 6) is 0. The number of nitrogens with zero attached hydrogens (tertiary/aromatic N) is 2. The molecule has 0 aliphatic carbocycles. The molecule has 0 N–H and O–H groups in total. The van der Waals surface area contributed by atoms with Crippen molar-refractivity contribution in [2.24, 2.45) is 4.99 Å². The van der Waals surface area contributed by atoms with E-state index in [1.807, 2.05) is 23.9 Å². The fraction of sp³-hybridized carbons (Fsp3) is 0.417. The highest BCUT2D eigenvalue weighted by atomic mass is 32.1. The van der Waals surface area contributed by atoms with E-state index in [0.717, 1.165) is 6.42 Å². The minimum Gasteiger partial charge on any atom is -0.354 e. The third-order valence-corrected chi connectivity index (χ3v) is 3.82. The molecule has 0 spiro atoms. The number of rotatable bonds is 2. The Hall–Kier alpha value is -1.09. The predicted molar refractivity (Wildman–Crippen MR) is 66.6 cm³/mol. The molecular formula is C12H16N2S. The van der Waals surface area contributed by atoms with Crippen LogP contribution in [0.15, 0.2) is 23.3 Å². The molecule has 3 heteroatoms. The standard InChI is InChI=1S/C12H16N2S/c1-4-10-7-9(2)15-12(10)11-5-6-13-8-14(11)3/h5-8,11H,4H2,1-3H3. The average molecular weight is 220 g/mol. The Kier molecular flexibility index (Phi) is 2.91. The van der Waals surface area contributed by atoms with Gasteiger partial charge in [-0.1, -0.05) is 6.92 Å². The van der Waals surface area contributed by atoms with Crippen molar-refractivity contribution in [3.63, 3.8) is 0 Å². The van der Waals surface area contributed by atoms with Crippen molar-refractivity contribution in [3.8, 4) is 0 Å². The Balaban J connectivity index is 2.36. The molecule has 1 aliphatic heterocycles. The van der Waals surface area contributed by atoms with Crippen molar-refractivity contribution in [3.05, 3.63) is 33.7 Å². The molecule has 80 valence electrons. The Bertz CT molecular complexity index is 404. The topological polar surface area (TPSA) is 15.6 Å². The van der Waals surface area contributed by atoms with E-state index in [4.69, 9.17) is 0 Å². The van der Waals surface area contributed by atoms with Gasteiger partial charge in [0, 0.05) is 23.0 Å². The van der Waals surface area contributed by atoms with Crippen LogP contribution in [-0.2, 0) is 6.42 Å². The minimum absolute atomic E-state index is 0.371. The first-order chi connectivity index (χ1) is 7.22. The summed E-state index contributed by atoms with van der Waals surface area (Å²) in [5, 5.41) is 0. The van der Waals surface area contributed by atoms with Gasteiger partial charge in [-0.2, -0.15) is 0 Å². The largest absolute Gasteiger partial charge is 0.354 e. The van der Waals surface area contributed by atoms with Crippen molar-refractivity contribution in [1.82, 2.24) is 4.90 Å². The first kappa shape index (κ1) is 10.4.